The van der Waals surface area contributed by atoms with E-state index >= 15 is 0 Å². The minimum atomic E-state index is 0.211. The molecule has 1 fully saturated rings. The van der Waals surface area contributed by atoms with E-state index in [9.17, 15) is 0 Å². The molecule has 2 heterocycles. The lowest BCUT2D eigenvalue weighted by atomic mass is 10.0. The lowest BCUT2D eigenvalue weighted by Crippen LogP contribution is -2.21. The molecular weight excluding hydrogens is 220 g/mol. The van der Waals surface area contributed by atoms with Gasteiger partial charge in [0.05, 0.1) is 13.2 Å². The van der Waals surface area contributed by atoms with Crippen LogP contribution in [0.3, 0.4) is 0 Å². The summed E-state index contributed by atoms with van der Waals surface area (Å²) in [5.41, 5.74) is 5.58. The van der Waals surface area contributed by atoms with Crippen LogP contribution in [0.15, 0.2) is 6.07 Å². The summed E-state index contributed by atoms with van der Waals surface area (Å²) >= 11 is 0. The van der Waals surface area contributed by atoms with Gasteiger partial charge in [-0.2, -0.15) is 9.97 Å². The first-order valence-corrected chi connectivity index (χ1v) is 5.73. The van der Waals surface area contributed by atoms with Gasteiger partial charge in [-0.15, -0.1) is 0 Å². The lowest BCUT2D eigenvalue weighted by Gasteiger charge is -2.15. The average molecular weight is 238 g/mol. The minimum Gasteiger partial charge on any atom is -0.481 e. The third-order valence-corrected chi connectivity index (χ3v) is 3.01. The van der Waals surface area contributed by atoms with Crippen molar-refractivity contribution < 1.29 is 9.47 Å². The molecule has 0 spiro atoms. The summed E-state index contributed by atoms with van der Waals surface area (Å²) in [6.07, 6.45) is 1.37. The van der Waals surface area contributed by atoms with Crippen molar-refractivity contribution in [1.82, 2.24) is 9.97 Å². The largest absolute Gasteiger partial charge is 0.481 e. The Bertz CT molecular complexity index is 386. The first-order valence-electron chi connectivity index (χ1n) is 5.73. The fraction of sp³-hybridized carbons (Fsp3) is 0.636. The number of aromatic nitrogens is 2. The maximum atomic E-state index is 5.58. The average Bonchev–Trinajstić information content (AvgIpc) is 2.71. The van der Waals surface area contributed by atoms with Crippen molar-refractivity contribution in [3.8, 4) is 5.88 Å². The number of methoxy groups -OCH3 is 1. The van der Waals surface area contributed by atoms with Crippen LogP contribution >= 0.6 is 0 Å². The number of rotatable bonds is 4. The summed E-state index contributed by atoms with van der Waals surface area (Å²) in [4.78, 5) is 8.03. The highest BCUT2D eigenvalue weighted by molar-refractivity contribution is 5.42. The Kier molecular flexibility index (Phi) is 3.63. The van der Waals surface area contributed by atoms with Crippen molar-refractivity contribution in [2.24, 2.45) is 5.92 Å². The monoisotopic (exact) mass is 238 g/mol. The van der Waals surface area contributed by atoms with Gasteiger partial charge in [-0.25, -0.2) is 0 Å². The van der Waals surface area contributed by atoms with E-state index in [4.69, 9.17) is 15.2 Å². The maximum absolute atomic E-state index is 5.58. The van der Waals surface area contributed by atoms with E-state index in [0.717, 1.165) is 19.6 Å². The summed E-state index contributed by atoms with van der Waals surface area (Å²) in [6, 6.07) is 1.73. The van der Waals surface area contributed by atoms with Gasteiger partial charge in [-0.05, 0) is 13.3 Å². The van der Waals surface area contributed by atoms with E-state index < -0.39 is 0 Å². The zero-order chi connectivity index (χ0) is 12.3. The normalized spacial score (nSPS) is 23.6. The maximum Gasteiger partial charge on any atom is 0.225 e. The molecule has 3 N–H and O–H groups in total. The van der Waals surface area contributed by atoms with E-state index in [0.29, 0.717) is 23.7 Å². The molecule has 0 bridgehead atoms. The Morgan fingerprint density at radius 1 is 1.59 bits per heavy atom. The Morgan fingerprint density at radius 2 is 2.41 bits per heavy atom. The first-order chi connectivity index (χ1) is 8.19. The van der Waals surface area contributed by atoms with Crippen LogP contribution in [0, 0.1) is 5.92 Å². The molecule has 6 heteroatoms. The van der Waals surface area contributed by atoms with Crippen LogP contribution in [0.5, 0.6) is 5.88 Å². The second-order valence-electron chi connectivity index (χ2n) is 4.16. The van der Waals surface area contributed by atoms with Crippen LogP contribution in [-0.2, 0) is 4.74 Å². The van der Waals surface area contributed by atoms with Crippen LogP contribution in [0.25, 0.3) is 0 Å². The molecule has 1 aliphatic rings. The van der Waals surface area contributed by atoms with E-state index in [1.807, 2.05) is 0 Å². The SMILES string of the molecule is COc1cc(NCC2CCOC2C)nc(N)n1. The quantitative estimate of drug-likeness (QED) is 0.811. The Balaban J connectivity index is 1.96. The van der Waals surface area contributed by atoms with Gasteiger partial charge in [-0.1, -0.05) is 0 Å². The Morgan fingerprint density at radius 3 is 3.06 bits per heavy atom. The molecule has 0 aromatic carbocycles. The summed E-state index contributed by atoms with van der Waals surface area (Å²) in [7, 11) is 1.55. The number of anilines is 2. The van der Waals surface area contributed by atoms with Gasteiger partial charge >= 0.3 is 0 Å². The van der Waals surface area contributed by atoms with Crippen molar-refractivity contribution in [2.75, 3.05) is 31.3 Å². The molecule has 1 aromatic rings. The summed E-state index contributed by atoms with van der Waals surface area (Å²) in [5.74, 6) is 1.88. The Hall–Kier alpha value is -1.56. The van der Waals surface area contributed by atoms with Crippen LogP contribution in [-0.4, -0.2) is 36.3 Å². The van der Waals surface area contributed by atoms with Crippen LogP contribution in [0.1, 0.15) is 13.3 Å². The first kappa shape index (κ1) is 11.9. The number of nitrogen functional groups attached to an aromatic ring is 1. The molecule has 0 radical (unpaired) electrons. The van der Waals surface area contributed by atoms with Gasteiger partial charge in [0.2, 0.25) is 11.8 Å². The van der Waals surface area contributed by atoms with Gasteiger partial charge in [0.25, 0.3) is 0 Å². The summed E-state index contributed by atoms with van der Waals surface area (Å²) < 4.78 is 10.5. The summed E-state index contributed by atoms with van der Waals surface area (Å²) in [6.45, 7) is 3.75. The van der Waals surface area contributed by atoms with Crippen LogP contribution in [0.2, 0.25) is 0 Å². The number of ether oxygens (including phenoxy) is 2. The predicted octanol–water partition coefficient (Wildman–Crippen LogP) is 0.904. The third kappa shape index (κ3) is 2.97. The molecular formula is C11H18N4O2. The Labute approximate surface area is 101 Å². The summed E-state index contributed by atoms with van der Waals surface area (Å²) in [5, 5.41) is 3.24. The number of nitrogens with two attached hydrogens (primary N) is 1. The van der Waals surface area contributed by atoms with Crippen molar-refractivity contribution in [2.45, 2.75) is 19.4 Å². The minimum absolute atomic E-state index is 0.211. The number of nitrogens with zero attached hydrogens (tertiary/aromatic N) is 2. The molecule has 0 amide bonds. The van der Waals surface area contributed by atoms with Crippen molar-refractivity contribution in [3.05, 3.63) is 6.07 Å². The highest BCUT2D eigenvalue weighted by atomic mass is 16.5. The third-order valence-electron chi connectivity index (χ3n) is 3.01. The number of hydrogen-bond acceptors (Lipinski definition) is 6. The van der Waals surface area contributed by atoms with Crippen LogP contribution in [0.4, 0.5) is 11.8 Å². The van der Waals surface area contributed by atoms with Gasteiger partial charge in [0.15, 0.2) is 0 Å². The smallest absolute Gasteiger partial charge is 0.225 e. The second kappa shape index (κ2) is 5.18. The van der Waals surface area contributed by atoms with E-state index in [-0.39, 0.29) is 5.95 Å². The fourth-order valence-electron chi connectivity index (χ4n) is 1.92. The van der Waals surface area contributed by atoms with Gasteiger partial charge in [0, 0.05) is 25.1 Å². The molecule has 2 unspecified atom stereocenters. The van der Waals surface area contributed by atoms with Crippen molar-refractivity contribution in [3.63, 3.8) is 0 Å². The van der Waals surface area contributed by atoms with Crippen molar-refractivity contribution in [1.29, 1.82) is 0 Å². The molecule has 0 aliphatic carbocycles. The van der Waals surface area contributed by atoms with Crippen molar-refractivity contribution >= 4 is 11.8 Å². The standard InChI is InChI=1S/C11H18N4O2/c1-7-8(3-4-17-7)6-13-9-5-10(16-2)15-11(12)14-9/h5,7-8H,3-4,6H2,1-2H3,(H3,12,13,14,15). The highest BCUT2D eigenvalue weighted by Gasteiger charge is 2.23. The second-order valence-corrected chi connectivity index (χ2v) is 4.16. The molecule has 1 aliphatic heterocycles. The molecule has 6 nitrogen and oxygen atoms in total. The van der Waals surface area contributed by atoms with E-state index in [2.05, 4.69) is 22.2 Å². The molecule has 94 valence electrons. The molecule has 2 atom stereocenters. The highest BCUT2D eigenvalue weighted by Crippen LogP contribution is 2.21. The van der Waals surface area contributed by atoms with Gasteiger partial charge in [0.1, 0.15) is 5.82 Å². The number of hydrogen-bond donors (Lipinski definition) is 2. The molecule has 1 aromatic heterocycles. The molecule has 0 saturated carbocycles. The fourth-order valence-corrected chi connectivity index (χ4v) is 1.92. The van der Waals surface area contributed by atoms with Gasteiger partial charge in [-0.3, -0.25) is 0 Å². The number of nitrogens with one attached hydrogen (secondary N) is 1. The zero-order valence-electron chi connectivity index (χ0n) is 10.1. The zero-order valence-corrected chi connectivity index (χ0v) is 10.1. The molecule has 1 saturated heterocycles. The van der Waals surface area contributed by atoms with E-state index in [1.54, 1.807) is 13.2 Å². The lowest BCUT2D eigenvalue weighted by molar-refractivity contribution is 0.108. The van der Waals surface area contributed by atoms with Crippen LogP contribution < -0.4 is 15.8 Å². The predicted molar refractivity (Wildman–Crippen MR) is 65.0 cm³/mol. The molecule has 17 heavy (non-hydrogen) atoms. The molecule has 2 rings (SSSR count). The topological polar surface area (TPSA) is 82.3 Å². The van der Waals surface area contributed by atoms with Gasteiger partial charge < -0.3 is 20.5 Å². The van der Waals surface area contributed by atoms with E-state index in [1.165, 1.54) is 0 Å².